The first-order valence-electron chi connectivity index (χ1n) is 2.14. The first-order valence-corrected chi connectivity index (χ1v) is 2.14. The maximum atomic E-state index is 8.24. The Morgan fingerprint density at radius 3 is 0.500 bits per heavy atom. The van der Waals surface area contributed by atoms with Gasteiger partial charge in [-0.25, -0.2) is 26.3 Å². The van der Waals surface area contributed by atoms with Gasteiger partial charge >= 0.3 is 85.5 Å². The predicted molar refractivity (Wildman–Crippen MR) is 28.1 cm³/mol. The van der Waals surface area contributed by atoms with Crippen LogP contribution in [-0.2, 0) is 34.1 Å². The van der Waals surface area contributed by atoms with E-state index in [0.717, 1.165) is 0 Å². The van der Waals surface area contributed by atoms with Crippen LogP contribution in [0.25, 0.3) is 0 Å². The van der Waals surface area contributed by atoms with Crippen molar-refractivity contribution in [2.75, 3.05) is 0 Å². The summed E-state index contributed by atoms with van der Waals surface area (Å²) in [7, 11) is 0. The van der Waals surface area contributed by atoms with Gasteiger partial charge in [-0.1, -0.05) is 0 Å². The van der Waals surface area contributed by atoms with Gasteiger partial charge in [-0.15, -0.1) is 0 Å². The van der Waals surface area contributed by atoms with Crippen LogP contribution in [0.4, 0.5) is 0 Å². The minimum Gasteiger partial charge on any atom is -0.812 e. The van der Waals surface area contributed by atoms with Crippen molar-refractivity contribution >= 4 is 0 Å². The van der Waals surface area contributed by atoms with Gasteiger partial charge in [0, 0.05) is 31.3 Å². The topological polar surface area (TPSA) is 234 Å². The van der Waals surface area contributed by atoms with Gasteiger partial charge < -0.3 is 25.5 Å². The monoisotopic (exact) mass is 368 g/mol. The second kappa shape index (κ2) is 217. The number of hydrogen-bond acceptors (Lipinski definition) is 10. The Morgan fingerprint density at radius 2 is 0.500 bits per heavy atom. The van der Waals surface area contributed by atoms with Crippen LogP contribution in [0.5, 0.6) is 0 Å². The molecule has 0 amide bonds. The average molecular weight is 369 g/mol. The summed E-state index contributed by atoms with van der Waals surface area (Å²) >= 11 is 0. The van der Waals surface area contributed by atoms with Gasteiger partial charge in [0.15, 0.2) is 0 Å². The van der Waals surface area contributed by atoms with Crippen LogP contribution in [0.3, 0.4) is 0 Å². The van der Waals surface area contributed by atoms with Crippen molar-refractivity contribution in [1.29, 1.82) is 26.3 Å². The fourth-order valence-corrected chi connectivity index (χ4v) is 0. The summed E-state index contributed by atoms with van der Waals surface area (Å²) in [6.45, 7) is 0. The van der Waals surface area contributed by atoms with Crippen LogP contribution in [0, 0.1) is 57.6 Å². The number of nitriles is 5. The predicted octanol–water partition coefficient (Wildman–Crippen LogP) is -8.86. The summed E-state index contributed by atoms with van der Waals surface area (Å²) in [5, 5.41) is 75.0. The molecule has 0 fully saturated rings. The van der Waals surface area contributed by atoms with Crippen molar-refractivity contribution in [1.82, 2.24) is 0 Å². The molecule has 0 atom stereocenters. The third kappa shape index (κ3) is 3940. The smallest absolute Gasteiger partial charge is 0.812 e. The molecule has 0 aliphatic heterocycles. The van der Waals surface area contributed by atoms with Gasteiger partial charge in [0.25, 0.3) is 0 Å². The Kier molecular flexibility index (Phi) is 644. The molecule has 0 N–H and O–H groups in total. The van der Waals surface area contributed by atoms with E-state index in [1.807, 2.05) is 0 Å². The SMILES string of the molecule is N#C[O-].N#C[O-].N#C[O-].N#C[O-].N#C[O-].[Cu+2].[Fe+2].[K+]. The summed E-state index contributed by atoms with van der Waals surface area (Å²) in [5.41, 5.74) is 0. The Morgan fingerprint density at radius 1 is 0.500 bits per heavy atom. The molecule has 0 aliphatic rings. The molecule has 10 nitrogen and oxygen atoms in total. The second-order valence-corrected chi connectivity index (χ2v) is 0.456. The van der Waals surface area contributed by atoms with E-state index in [2.05, 4.69) is 0 Å². The van der Waals surface area contributed by atoms with Crippen LogP contribution in [0.2, 0.25) is 0 Å². The van der Waals surface area contributed by atoms with E-state index in [1.165, 1.54) is 0 Å². The molecule has 0 rings (SSSR count). The average Bonchev–Trinajstić information content (AvgIpc) is 2.09. The molecule has 13 heteroatoms. The summed E-state index contributed by atoms with van der Waals surface area (Å²) in [6, 6.07) is 0. The third-order valence-corrected chi connectivity index (χ3v) is 0. The van der Waals surface area contributed by atoms with Gasteiger partial charge in [-0.2, -0.15) is 0 Å². The van der Waals surface area contributed by atoms with E-state index in [4.69, 9.17) is 51.8 Å². The maximum absolute atomic E-state index is 8.24. The van der Waals surface area contributed by atoms with E-state index in [-0.39, 0.29) is 85.5 Å². The fraction of sp³-hybridized carbons (Fsp3) is 0. The van der Waals surface area contributed by atoms with Crippen molar-refractivity contribution in [3.63, 3.8) is 0 Å². The van der Waals surface area contributed by atoms with Gasteiger partial charge in [-0.05, 0) is 0 Å². The first-order chi connectivity index (χ1) is 7.07. The van der Waals surface area contributed by atoms with E-state index >= 15 is 0 Å². The molecule has 18 heavy (non-hydrogen) atoms. The molecule has 0 aromatic carbocycles. The van der Waals surface area contributed by atoms with Crippen LogP contribution in [0.1, 0.15) is 0 Å². The molecule has 0 heterocycles. The zero-order chi connectivity index (χ0) is 13.5. The number of rotatable bonds is 0. The Hall–Kier alpha value is -0.875. The number of nitrogens with zero attached hydrogens (tertiary/aromatic N) is 5. The van der Waals surface area contributed by atoms with Crippen LogP contribution < -0.4 is 76.9 Å². The van der Waals surface area contributed by atoms with E-state index in [1.54, 1.807) is 0 Å². The normalized spacial score (nSPS) is 1.94. The van der Waals surface area contributed by atoms with Gasteiger partial charge in [0.1, 0.15) is 0 Å². The molecule has 0 saturated carbocycles. The zero-order valence-corrected chi connectivity index (χ0v) is 13.6. The summed E-state index contributed by atoms with van der Waals surface area (Å²) in [4.78, 5) is 0. The summed E-state index contributed by atoms with van der Waals surface area (Å²) < 4.78 is 0. The van der Waals surface area contributed by atoms with Crippen molar-refractivity contribution in [3.8, 4) is 31.3 Å². The number of hydrogen-bond donors (Lipinski definition) is 0. The zero-order valence-electron chi connectivity index (χ0n) is 8.43. The van der Waals surface area contributed by atoms with Crippen molar-refractivity contribution in [3.05, 3.63) is 0 Å². The van der Waals surface area contributed by atoms with Gasteiger partial charge in [-0.3, -0.25) is 0 Å². The van der Waals surface area contributed by atoms with Crippen LogP contribution >= 0.6 is 0 Å². The van der Waals surface area contributed by atoms with Crippen LogP contribution in [0.15, 0.2) is 0 Å². The molecular formula is C5CuFeKN5O5. The molecule has 0 aliphatic carbocycles. The van der Waals surface area contributed by atoms with E-state index < -0.39 is 0 Å². The summed E-state index contributed by atoms with van der Waals surface area (Å²) in [5.74, 6) is 0. The maximum Gasteiger partial charge on any atom is 2.00 e. The van der Waals surface area contributed by atoms with Gasteiger partial charge in [0.05, 0.1) is 0 Å². The molecule has 1 radical (unpaired) electrons. The van der Waals surface area contributed by atoms with Crippen molar-refractivity contribution in [2.24, 2.45) is 0 Å². The minimum absolute atomic E-state index is 0. The molecule has 0 saturated heterocycles. The molecule has 0 spiro atoms. The first kappa shape index (κ1) is 53.5. The Labute approximate surface area is 166 Å². The minimum atomic E-state index is 0. The second-order valence-electron chi connectivity index (χ2n) is 0.456. The van der Waals surface area contributed by atoms with E-state index in [9.17, 15) is 0 Å². The van der Waals surface area contributed by atoms with Crippen molar-refractivity contribution in [2.45, 2.75) is 0 Å². The third-order valence-electron chi connectivity index (χ3n) is 0. The molecular weight excluding hydrogens is 369 g/mol. The summed E-state index contributed by atoms with van der Waals surface area (Å²) in [6.07, 6.45) is 2.50. The molecule has 0 aromatic heterocycles. The standard InChI is InChI=1S/5CHNO.Cu.Fe.K/c5*2-1-3;;;/h5*3H;;;/q;;;;;2*+2;+1/p-5. The molecule has 95 valence electrons. The molecule has 0 unspecified atom stereocenters. The molecule has 0 bridgehead atoms. The quantitative estimate of drug-likeness (QED) is 0.289. The van der Waals surface area contributed by atoms with Gasteiger partial charge in [0.2, 0.25) is 0 Å². The van der Waals surface area contributed by atoms with Crippen LogP contribution in [-0.4, -0.2) is 0 Å². The van der Waals surface area contributed by atoms with E-state index in [0.29, 0.717) is 31.3 Å². The fourth-order valence-electron chi connectivity index (χ4n) is 0. The Bertz CT molecular complexity index is 217. The molecule has 0 aromatic rings. The Balaban J connectivity index is -0.0000000111. The van der Waals surface area contributed by atoms with Crippen molar-refractivity contribution < 1.29 is 111 Å². The largest absolute Gasteiger partial charge is 2.00 e.